The molecule has 62 valence electrons. The van der Waals surface area contributed by atoms with Crippen molar-refractivity contribution in [1.29, 1.82) is 0 Å². The van der Waals surface area contributed by atoms with Gasteiger partial charge in [0.1, 0.15) is 0 Å². The van der Waals surface area contributed by atoms with E-state index in [1.165, 1.54) is 0 Å². The highest BCUT2D eigenvalue weighted by molar-refractivity contribution is 5.21. The van der Waals surface area contributed by atoms with E-state index in [1.54, 1.807) is 0 Å². The molecule has 3 heteroatoms. The van der Waals surface area contributed by atoms with Crippen LogP contribution in [0.1, 0.15) is 25.6 Å². The van der Waals surface area contributed by atoms with Gasteiger partial charge in [0, 0.05) is 6.07 Å². The Morgan fingerprint density at radius 1 is 1.42 bits per heavy atom. The zero-order valence-corrected chi connectivity index (χ0v) is 7.19. The van der Waals surface area contributed by atoms with Gasteiger partial charge in [-0.2, -0.15) is 4.40 Å². The molecule has 0 amide bonds. The summed E-state index contributed by atoms with van der Waals surface area (Å²) >= 11 is 0. The van der Waals surface area contributed by atoms with Crippen LogP contribution in [0.15, 0.2) is 28.9 Å². The van der Waals surface area contributed by atoms with Crippen LogP contribution in [-0.4, -0.2) is 5.16 Å². The van der Waals surface area contributed by atoms with Crippen molar-refractivity contribution in [2.45, 2.75) is 19.8 Å². The average Bonchev–Trinajstić information content (AvgIpc) is 2.47. The molecule has 0 saturated heterocycles. The summed E-state index contributed by atoms with van der Waals surface area (Å²) in [6.45, 7) is 4.19. The molecule has 0 aliphatic heterocycles. The fourth-order valence-electron chi connectivity index (χ4n) is 1.21. The third-order valence-electron chi connectivity index (χ3n) is 1.82. The first-order valence-electron chi connectivity index (χ1n) is 4.05. The van der Waals surface area contributed by atoms with Gasteiger partial charge in [0.2, 0.25) is 0 Å². The smallest absolute Gasteiger partial charge is 0.213 e. The Hall–Kier alpha value is -1.38. The maximum absolute atomic E-state index is 5.12. The monoisotopic (exact) mass is 163 g/mol. The van der Waals surface area contributed by atoms with E-state index in [1.807, 2.05) is 28.8 Å². The van der Waals surface area contributed by atoms with Gasteiger partial charge in [0.05, 0.1) is 12.1 Å². The molecule has 0 spiro atoms. The summed E-state index contributed by atoms with van der Waals surface area (Å²) in [5, 5.41) is 3.98. The molecule has 0 saturated carbocycles. The van der Waals surface area contributed by atoms with Crippen LogP contribution < -0.4 is 4.40 Å². The van der Waals surface area contributed by atoms with E-state index >= 15 is 0 Å². The minimum absolute atomic E-state index is 0.388. The number of nitrogens with zero attached hydrogens (tertiary/aromatic N) is 2. The summed E-state index contributed by atoms with van der Waals surface area (Å²) in [7, 11) is 0. The largest absolute Gasteiger partial charge is 0.356 e. The third kappa shape index (κ3) is 0.978. The molecule has 2 aromatic heterocycles. The summed E-state index contributed by atoms with van der Waals surface area (Å²) in [4.78, 5) is 0. The molecular formula is C9H11N2O+. The van der Waals surface area contributed by atoms with Crippen LogP contribution in [0.25, 0.3) is 5.71 Å². The molecule has 3 nitrogen and oxygen atoms in total. The van der Waals surface area contributed by atoms with Gasteiger partial charge in [-0.3, -0.25) is 0 Å². The van der Waals surface area contributed by atoms with Gasteiger partial charge in [0.25, 0.3) is 0 Å². The SMILES string of the molecule is CC(C)c1noc2cccc[n+]12. The van der Waals surface area contributed by atoms with Gasteiger partial charge in [-0.15, -0.1) is 0 Å². The lowest BCUT2D eigenvalue weighted by Gasteiger charge is -1.89. The van der Waals surface area contributed by atoms with E-state index in [4.69, 9.17) is 4.52 Å². The topological polar surface area (TPSA) is 30.1 Å². The summed E-state index contributed by atoms with van der Waals surface area (Å²) in [5.74, 6) is 1.35. The van der Waals surface area contributed by atoms with E-state index in [0.29, 0.717) is 5.92 Å². The highest BCUT2D eigenvalue weighted by Crippen LogP contribution is 2.07. The second-order valence-corrected chi connectivity index (χ2v) is 3.10. The quantitative estimate of drug-likeness (QED) is 0.597. The van der Waals surface area contributed by atoms with E-state index in [0.717, 1.165) is 11.5 Å². The third-order valence-corrected chi connectivity index (χ3v) is 1.82. The molecule has 0 N–H and O–H groups in total. The lowest BCUT2D eigenvalue weighted by atomic mass is 10.2. The van der Waals surface area contributed by atoms with Crippen molar-refractivity contribution in [1.82, 2.24) is 5.16 Å². The Labute approximate surface area is 70.6 Å². The molecule has 0 aliphatic rings. The Bertz CT molecular complexity index is 392. The van der Waals surface area contributed by atoms with Crippen LogP contribution in [-0.2, 0) is 0 Å². The molecule has 0 aromatic carbocycles. The van der Waals surface area contributed by atoms with Crippen LogP contribution in [0.4, 0.5) is 0 Å². The van der Waals surface area contributed by atoms with Gasteiger partial charge in [-0.1, -0.05) is 19.9 Å². The number of pyridine rings is 1. The van der Waals surface area contributed by atoms with Crippen LogP contribution in [0.5, 0.6) is 0 Å². The van der Waals surface area contributed by atoms with Crippen LogP contribution in [0.2, 0.25) is 0 Å². The Kier molecular flexibility index (Phi) is 1.57. The van der Waals surface area contributed by atoms with Gasteiger partial charge in [-0.25, -0.2) is 4.52 Å². The fraction of sp³-hybridized carbons (Fsp3) is 0.333. The maximum Gasteiger partial charge on any atom is 0.356 e. The molecule has 0 aliphatic carbocycles. The summed E-state index contributed by atoms with van der Waals surface area (Å²) in [6, 6.07) is 5.81. The van der Waals surface area contributed by atoms with Crippen molar-refractivity contribution in [3.05, 3.63) is 30.2 Å². The zero-order chi connectivity index (χ0) is 8.55. The second kappa shape index (κ2) is 2.59. The minimum atomic E-state index is 0.388. The van der Waals surface area contributed by atoms with Crippen molar-refractivity contribution in [3.8, 4) is 0 Å². The predicted octanol–water partition coefficient (Wildman–Crippen LogP) is 1.54. The lowest BCUT2D eigenvalue weighted by Crippen LogP contribution is -2.24. The molecule has 0 atom stereocenters. The molecule has 2 heterocycles. The first-order valence-corrected chi connectivity index (χ1v) is 4.05. The van der Waals surface area contributed by atoms with Gasteiger partial charge in [0.15, 0.2) is 5.16 Å². The maximum atomic E-state index is 5.12. The molecule has 0 radical (unpaired) electrons. The molecular weight excluding hydrogens is 152 g/mol. The van der Waals surface area contributed by atoms with Crippen LogP contribution >= 0.6 is 0 Å². The Morgan fingerprint density at radius 3 is 3.00 bits per heavy atom. The van der Waals surface area contributed by atoms with Crippen LogP contribution in [0.3, 0.4) is 0 Å². The first-order chi connectivity index (χ1) is 5.79. The fourth-order valence-corrected chi connectivity index (χ4v) is 1.21. The number of rotatable bonds is 1. The highest BCUT2D eigenvalue weighted by atomic mass is 16.5. The van der Waals surface area contributed by atoms with Gasteiger partial charge >= 0.3 is 11.5 Å². The zero-order valence-electron chi connectivity index (χ0n) is 7.19. The second-order valence-electron chi connectivity index (χ2n) is 3.10. The summed E-state index contributed by atoms with van der Waals surface area (Å²) in [5.41, 5.74) is 0.793. The first kappa shape index (κ1) is 7.28. The van der Waals surface area contributed by atoms with Crippen LogP contribution in [0, 0.1) is 0 Å². The van der Waals surface area contributed by atoms with Crippen molar-refractivity contribution in [2.24, 2.45) is 0 Å². The number of hydrogen-bond acceptors (Lipinski definition) is 2. The lowest BCUT2D eigenvalue weighted by molar-refractivity contribution is -0.526. The molecule has 12 heavy (non-hydrogen) atoms. The van der Waals surface area contributed by atoms with Gasteiger partial charge in [-0.05, 0) is 6.07 Å². The summed E-state index contributed by atoms with van der Waals surface area (Å²) in [6.07, 6.45) is 1.96. The molecule has 0 unspecified atom stereocenters. The summed E-state index contributed by atoms with van der Waals surface area (Å²) < 4.78 is 7.09. The standard InChI is InChI=1S/C9H11N2O/c1-7(2)9-10-12-8-5-3-4-6-11(8)9/h3-7H,1-2H3/q+1. The normalized spacial score (nSPS) is 11.2. The van der Waals surface area contributed by atoms with Crippen molar-refractivity contribution >= 4 is 5.71 Å². The predicted molar refractivity (Wildman–Crippen MR) is 43.8 cm³/mol. The van der Waals surface area contributed by atoms with Crippen molar-refractivity contribution < 1.29 is 8.92 Å². The molecule has 2 rings (SSSR count). The van der Waals surface area contributed by atoms with E-state index in [2.05, 4.69) is 19.0 Å². The van der Waals surface area contributed by atoms with Gasteiger partial charge < -0.3 is 0 Å². The minimum Gasteiger partial charge on any atom is -0.213 e. The van der Waals surface area contributed by atoms with E-state index in [9.17, 15) is 0 Å². The van der Waals surface area contributed by atoms with Crippen molar-refractivity contribution in [3.63, 3.8) is 0 Å². The average molecular weight is 163 g/mol. The van der Waals surface area contributed by atoms with E-state index < -0.39 is 0 Å². The number of aromatic nitrogens is 2. The number of hydrogen-bond donors (Lipinski definition) is 0. The molecule has 0 bridgehead atoms. The number of fused-ring (bicyclic) bond motifs is 1. The molecule has 2 aromatic rings. The van der Waals surface area contributed by atoms with E-state index in [-0.39, 0.29) is 0 Å². The highest BCUT2D eigenvalue weighted by Gasteiger charge is 2.19. The Morgan fingerprint density at radius 2 is 2.25 bits per heavy atom. The molecule has 0 fully saturated rings. The van der Waals surface area contributed by atoms with Crippen molar-refractivity contribution in [2.75, 3.05) is 0 Å². The Balaban J connectivity index is 2.70.